The van der Waals surface area contributed by atoms with Crippen LogP contribution >= 0.6 is 22.6 Å². The Hall–Kier alpha value is 0.390. The zero-order chi connectivity index (χ0) is 19.0. The summed E-state index contributed by atoms with van der Waals surface area (Å²) < 4.78 is 14.5. The highest BCUT2D eigenvalue weighted by Crippen LogP contribution is 2.65. The van der Waals surface area contributed by atoms with Crippen molar-refractivity contribution in [1.82, 2.24) is 0 Å². The summed E-state index contributed by atoms with van der Waals surface area (Å²) in [5, 5.41) is 0. The van der Waals surface area contributed by atoms with Crippen molar-refractivity contribution in [2.24, 2.45) is 28.6 Å². The molecule has 3 fully saturated rings. The zero-order valence-electron chi connectivity index (χ0n) is 17.5. The predicted octanol–water partition coefficient (Wildman–Crippen LogP) is 6.52. The minimum atomic E-state index is -0.467. The van der Waals surface area contributed by atoms with Crippen molar-refractivity contribution in [3.8, 4) is 0 Å². The van der Waals surface area contributed by atoms with Crippen LogP contribution in [-0.2, 0) is 9.47 Å². The van der Waals surface area contributed by atoms with Crippen LogP contribution in [0, 0.1) is 28.6 Å². The average Bonchev–Trinajstić information content (AvgIpc) is 2.86. The summed E-state index contributed by atoms with van der Waals surface area (Å²) in [5.41, 5.74) is 2.39. The van der Waals surface area contributed by atoms with Crippen LogP contribution in [0.2, 0.25) is 0 Å². The van der Waals surface area contributed by atoms with E-state index in [1.807, 2.05) is 0 Å². The third kappa shape index (κ3) is 2.62. The Bertz CT molecular complexity index is 611. The molecule has 0 aromatic carbocycles. The SMILES string of the molecule is CC(C)[C@@]12CC[C@H]3C(=CC[C@H]4[C@](C)(CI)CCC[C@]34C)[C@@H]1OC(C)(C)O2. The molecule has 4 aliphatic rings. The van der Waals surface area contributed by atoms with E-state index in [-0.39, 0.29) is 11.7 Å². The average molecular weight is 472 g/mol. The Morgan fingerprint density at radius 2 is 1.88 bits per heavy atom. The van der Waals surface area contributed by atoms with Gasteiger partial charge in [0.1, 0.15) is 11.7 Å². The van der Waals surface area contributed by atoms with E-state index >= 15 is 0 Å². The van der Waals surface area contributed by atoms with Crippen LogP contribution in [0.15, 0.2) is 11.6 Å². The number of alkyl halides is 1. The standard InChI is InChI=1S/C23H37IO2/c1-15(2)23-13-10-17-16(19(23)25-20(3,4)26-23)8-9-18-21(5,14-24)11-7-12-22(17,18)6/h8,15,17-19H,7,9-14H2,1-6H3/t17-,18-,19-,21-,22+,23-/m0/s1. The number of fused-ring (bicyclic) bond motifs is 5. The Morgan fingerprint density at radius 3 is 2.54 bits per heavy atom. The van der Waals surface area contributed by atoms with E-state index in [9.17, 15) is 0 Å². The highest BCUT2D eigenvalue weighted by Gasteiger charge is 2.63. The molecule has 148 valence electrons. The fraction of sp³-hybridized carbons (Fsp3) is 0.913. The van der Waals surface area contributed by atoms with E-state index in [2.05, 4.69) is 70.2 Å². The molecular formula is C23H37IO2. The van der Waals surface area contributed by atoms with Gasteiger partial charge in [-0.2, -0.15) is 0 Å². The lowest BCUT2D eigenvalue weighted by atomic mass is 9.46. The molecule has 0 aromatic heterocycles. The quantitative estimate of drug-likeness (QED) is 0.259. The van der Waals surface area contributed by atoms with Gasteiger partial charge in [-0.3, -0.25) is 0 Å². The van der Waals surface area contributed by atoms with Crippen molar-refractivity contribution in [2.45, 2.75) is 97.6 Å². The van der Waals surface area contributed by atoms with Gasteiger partial charge in [0.25, 0.3) is 0 Å². The summed E-state index contributed by atoms with van der Waals surface area (Å²) in [4.78, 5) is 0. The van der Waals surface area contributed by atoms with Crippen LogP contribution in [0.3, 0.4) is 0 Å². The van der Waals surface area contributed by atoms with Gasteiger partial charge in [0.05, 0.1) is 0 Å². The Labute approximate surface area is 174 Å². The van der Waals surface area contributed by atoms with Gasteiger partial charge in [-0.15, -0.1) is 0 Å². The maximum Gasteiger partial charge on any atom is 0.164 e. The second-order valence-electron chi connectivity index (χ2n) is 10.8. The van der Waals surface area contributed by atoms with Gasteiger partial charge in [0, 0.05) is 4.43 Å². The fourth-order valence-electron chi connectivity index (χ4n) is 7.24. The minimum absolute atomic E-state index is 0.129. The van der Waals surface area contributed by atoms with E-state index in [1.54, 1.807) is 5.57 Å². The first kappa shape index (κ1) is 19.7. The first-order valence-electron chi connectivity index (χ1n) is 10.7. The van der Waals surface area contributed by atoms with Gasteiger partial charge in [-0.1, -0.05) is 62.8 Å². The van der Waals surface area contributed by atoms with Gasteiger partial charge in [0.15, 0.2) is 5.79 Å². The summed E-state index contributed by atoms with van der Waals surface area (Å²) in [5.74, 6) is 1.51. The molecule has 0 N–H and O–H groups in total. The molecule has 0 radical (unpaired) electrons. The molecule has 3 heteroatoms. The number of ether oxygens (including phenoxy) is 2. The van der Waals surface area contributed by atoms with Gasteiger partial charge >= 0.3 is 0 Å². The molecule has 1 aliphatic heterocycles. The molecule has 3 aliphatic carbocycles. The molecule has 1 saturated heterocycles. The highest BCUT2D eigenvalue weighted by atomic mass is 127. The van der Waals surface area contributed by atoms with E-state index in [0.29, 0.717) is 22.7 Å². The summed E-state index contributed by atoms with van der Waals surface area (Å²) in [6.07, 6.45) is 10.6. The van der Waals surface area contributed by atoms with Crippen molar-refractivity contribution in [1.29, 1.82) is 0 Å². The number of rotatable bonds is 2. The summed E-state index contributed by atoms with van der Waals surface area (Å²) in [7, 11) is 0. The van der Waals surface area contributed by atoms with Crippen molar-refractivity contribution in [3.05, 3.63) is 11.6 Å². The monoisotopic (exact) mass is 472 g/mol. The van der Waals surface area contributed by atoms with Crippen LogP contribution in [0.4, 0.5) is 0 Å². The third-order valence-corrected chi connectivity index (χ3v) is 10.3. The van der Waals surface area contributed by atoms with Crippen LogP contribution in [0.5, 0.6) is 0 Å². The molecular weight excluding hydrogens is 435 g/mol. The summed E-state index contributed by atoms with van der Waals surface area (Å²) >= 11 is 2.64. The van der Waals surface area contributed by atoms with Crippen molar-refractivity contribution < 1.29 is 9.47 Å². The lowest BCUT2D eigenvalue weighted by molar-refractivity contribution is -0.173. The molecule has 0 amide bonds. The number of hydrogen-bond donors (Lipinski definition) is 0. The van der Waals surface area contributed by atoms with Crippen molar-refractivity contribution in [2.75, 3.05) is 4.43 Å². The van der Waals surface area contributed by atoms with Crippen molar-refractivity contribution >= 4 is 22.6 Å². The third-order valence-electron chi connectivity index (χ3n) is 8.58. The number of hydrogen-bond acceptors (Lipinski definition) is 2. The first-order chi connectivity index (χ1) is 12.1. The Kier molecular flexibility index (Phi) is 4.69. The molecule has 0 unspecified atom stereocenters. The molecule has 6 atom stereocenters. The van der Waals surface area contributed by atoms with E-state index in [1.165, 1.54) is 36.5 Å². The normalized spacial score (nSPS) is 50.0. The lowest BCUT2D eigenvalue weighted by Crippen LogP contribution is -2.57. The van der Waals surface area contributed by atoms with Gasteiger partial charge in [-0.05, 0) is 80.1 Å². The van der Waals surface area contributed by atoms with E-state index in [4.69, 9.17) is 9.47 Å². The molecule has 26 heavy (non-hydrogen) atoms. The molecule has 2 saturated carbocycles. The van der Waals surface area contributed by atoms with Crippen LogP contribution in [-0.4, -0.2) is 21.9 Å². The number of allylic oxidation sites excluding steroid dienone is 1. The second-order valence-corrected chi connectivity index (χ2v) is 11.6. The Morgan fingerprint density at radius 1 is 1.15 bits per heavy atom. The smallest absolute Gasteiger partial charge is 0.164 e. The van der Waals surface area contributed by atoms with Gasteiger partial charge < -0.3 is 9.47 Å². The van der Waals surface area contributed by atoms with Crippen LogP contribution < -0.4 is 0 Å². The second kappa shape index (κ2) is 6.19. The summed E-state index contributed by atoms with van der Waals surface area (Å²) in [6.45, 7) is 14.0. The molecule has 4 rings (SSSR count). The van der Waals surface area contributed by atoms with Gasteiger partial charge in [-0.25, -0.2) is 0 Å². The molecule has 0 spiro atoms. The lowest BCUT2D eigenvalue weighted by Gasteiger charge is -2.60. The fourth-order valence-corrected chi connectivity index (χ4v) is 8.15. The largest absolute Gasteiger partial charge is 0.341 e. The van der Waals surface area contributed by atoms with E-state index in [0.717, 1.165) is 12.3 Å². The molecule has 1 heterocycles. The zero-order valence-corrected chi connectivity index (χ0v) is 19.7. The molecule has 2 nitrogen and oxygen atoms in total. The molecule has 0 bridgehead atoms. The minimum Gasteiger partial charge on any atom is -0.341 e. The van der Waals surface area contributed by atoms with Crippen LogP contribution in [0.25, 0.3) is 0 Å². The maximum absolute atomic E-state index is 6.62. The van der Waals surface area contributed by atoms with Crippen molar-refractivity contribution in [3.63, 3.8) is 0 Å². The first-order valence-corrected chi connectivity index (χ1v) is 12.2. The predicted molar refractivity (Wildman–Crippen MR) is 115 cm³/mol. The highest BCUT2D eigenvalue weighted by molar-refractivity contribution is 14.1. The number of halogens is 1. The Balaban J connectivity index is 1.75. The summed E-state index contributed by atoms with van der Waals surface area (Å²) in [6, 6.07) is 0. The molecule has 0 aromatic rings. The topological polar surface area (TPSA) is 18.5 Å². The van der Waals surface area contributed by atoms with Gasteiger partial charge in [0.2, 0.25) is 0 Å². The van der Waals surface area contributed by atoms with E-state index < -0.39 is 5.79 Å². The van der Waals surface area contributed by atoms with Crippen LogP contribution in [0.1, 0.15) is 80.1 Å². The maximum atomic E-state index is 6.62.